The number of methoxy groups -OCH3 is 1. The smallest absolute Gasteiger partial charge is 0.252 e. The van der Waals surface area contributed by atoms with E-state index in [2.05, 4.69) is 5.32 Å². The van der Waals surface area contributed by atoms with E-state index < -0.39 is 0 Å². The number of hydrogen-bond acceptors (Lipinski definition) is 2. The predicted octanol–water partition coefficient (Wildman–Crippen LogP) is 2.73. The highest BCUT2D eigenvalue weighted by atomic mass is 127. The van der Waals surface area contributed by atoms with Crippen molar-refractivity contribution in [2.24, 2.45) is 0 Å². The molecule has 0 atom stereocenters. The Bertz CT molecular complexity index is 455. The molecule has 1 aliphatic rings. The van der Waals surface area contributed by atoms with Gasteiger partial charge in [0.05, 0.1) is 11.2 Å². The van der Waals surface area contributed by atoms with E-state index >= 15 is 0 Å². The van der Waals surface area contributed by atoms with E-state index in [0.29, 0.717) is 15.7 Å². The van der Waals surface area contributed by atoms with E-state index in [0.717, 1.165) is 19.3 Å². The second-order valence-corrected chi connectivity index (χ2v) is 5.71. The van der Waals surface area contributed by atoms with Crippen molar-refractivity contribution in [1.29, 1.82) is 0 Å². The van der Waals surface area contributed by atoms with Gasteiger partial charge in [-0.3, -0.25) is 4.79 Å². The molecule has 1 fully saturated rings. The lowest BCUT2D eigenvalue weighted by Gasteiger charge is -2.40. The number of amides is 1. The second kappa shape index (κ2) is 5.52. The monoisotopic (exact) mass is 363 g/mol. The fraction of sp³-hybridized carbons (Fsp3) is 0.462. The maximum absolute atomic E-state index is 12.9. The minimum Gasteiger partial charge on any atom is -0.376 e. The third kappa shape index (κ3) is 2.83. The lowest BCUT2D eigenvalue weighted by molar-refractivity contribution is -0.0679. The molecular formula is C13H15FINO2. The van der Waals surface area contributed by atoms with E-state index in [-0.39, 0.29) is 17.3 Å². The number of hydrogen-bond donors (Lipinski definition) is 1. The van der Waals surface area contributed by atoms with Gasteiger partial charge in [0, 0.05) is 17.2 Å². The first-order chi connectivity index (χ1) is 8.56. The molecule has 0 unspecified atom stereocenters. The molecule has 0 aliphatic heterocycles. The summed E-state index contributed by atoms with van der Waals surface area (Å²) < 4.78 is 19.0. The van der Waals surface area contributed by atoms with Crippen LogP contribution in [0.5, 0.6) is 0 Å². The van der Waals surface area contributed by atoms with E-state index in [1.165, 1.54) is 18.2 Å². The molecular weight excluding hydrogens is 348 g/mol. The van der Waals surface area contributed by atoms with Crippen molar-refractivity contribution < 1.29 is 13.9 Å². The van der Waals surface area contributed by atoms with Gasteiger partial charge in [-0.05, 0) is 60.1 Å². The molecule has 0 bridgehead atoms. The zero-order chi connectivity index (χ0) is 13.2. The Morgan fingerprint density at radius 2 is 2.28 bits per heavy atom. The largest absolute Gasteiger partial charge is 0.376 e. The average Bonchev–Trinajstić information content (AvgIpc) is 2.27. The molecule has 1 aliphatic carbocycles. The standard InChI is InChI=1S/C13H15FINO2/c1-18-13(5-2-6-13)8-16-12(17)10-4-3-9(14)7-11(10)15/h3-4,7H,2,5-6,8H2,1H3,(H,16,17). The topological polar surface area (TPSA) is 38.3 Å². The minimum atomic E-state index is -0.330. The summed E-state index contributed by atoms with van der Waals surface area (Å²) in [4.78, 5) is 12.0. The Morgan fingerprint density at radius 1 is 1.56 bits per heavy atom. The summed E-state index contributed by atoms with van der Waals surface area (Å²) in [5.41, 5.74) is 0.309. The molecule has 0 heterocycles. The normalized spacial score (nSPS) is 17.1. The SMILES string of the molecule is COC1(CNC(=O)c2ccc(F)cc2I)CCC1. The molecule has 0 saturated heterocycles. The van der Waals surface area contributed by atoms with Gasteiger partial charge in [0.2, 0.25) is 0 Å². The van der Waals surface area contributed by atoms with Crippen molar-refractivity contribution in [3.05, 3.63) is 33.1 Å². The van der Waals surface area contributed by atoms with Crippen molar-refractivity contribution >= 4 is 28.5 Å². The van der Waals surface area contributed by atoms with Crippen LogP contribution in [0.1, 0.15) is 29.6 Å². The fourth-order valence-corrected chi connectivity index (χ4v) is 2.76. The van der Waals surface area contributed by atoms with Crippen LogP contribution in [0.15, 0.2) is 18.2 Å². The van der Waals surface area contributed by atoms with Crippen LogP contribution in [0, 0.1) is 9.39 Å². The van der Waals surface area contributed by atoms with Crippen LogP contribution in [0.4, 0.5) is 4.39 Å². The molecule has 18 heavy (non-hydrogen) atoms. The number of carbonyl (C=O) groups excluding carboxylic acids is 1. The lowest BCUT2D eigenvalue weighted by Crippen LogP contribution is -2.49. The van der Waals surface area contributed by atoms with Crippen LogP contribution >= 0.6 is 22.6 Å². The molecule has 0 radical (unpaired) electrons. The van der Waals surface area contributed by atoms with Crippen LogP contribution in [-0.2, 0) is 4.74 Å². The van der Waals surface area contributed by atoms with E-state index in [9.17, 15) is 9.18 Å². The number of ether oxygens (including phenoxy) is 1. The first-order valence-electron chi connectivity index (χ1n) is 5.85. The van der Waals surface area contributed by atoms with Crippen molar-refractivity contribution in [3.63, 3.8) is 0 Å². The van der Waals surface area contributed by atoms with Gasteiger partial charge < -0.3 is 10.1 Å². The molecule has 1 aromatic rings. The Balaban J connectivity index is 1.99. The van der Waals surface area contributed by atoms with Crippen molar-refractivity contribution in [2.45, 2.75) is 24.9 Å². The van der Waals surface area contributed by atoms with Crippen LogP contribution in [0.2, 0.25) is 0 Å². The number of rotatable bonds is 4. The molecule has 5 heteroatoms. The molecule has 1 N–H and O–H groups in total. The first-order valence-corrected chi connectivity index (χ1v) is 6.93. The highest BCUT2D eigenvalue weighted by molar-refractivity contribution is 14.1. The zero-order valence-electron chi connectivity index (χ0n) is 10.1. The van der Waals surface area contributed by atoms with Crippen LogP contribution < -0.4 is 5.32 Å². The van der Waals surface area contributed by atoms with Gasteiger partial charge in [0.1, 0.15) is 5.82 Å². The molecule has 1 aromatic carbocycles. The maximum atomic E-state index is 12.9. The Morgan fingerprint density at radius 3 is 2.78 bits per heavy atom. The van der Waals surface area contributed by atoms with Gasteiger partial charge in [-0.15, -0.1) is 0 Å². The van der Waals surface area contributed by atoms with Gasteiger partial charge in [0.25, 0.3) is 5.91 Å². The molecule has 98 valence electrons. The van der Waals surface area contributed by atoms with Gasteiger partial charge in [0.15, 0.2) is 0 Å². The summed E-state index contributed by atoms with van der Waals surface area (Å²) in [5, 5.41) is 2.86. The third-order valence-electron chi connectivity index (χ3n) is 3.44. The van der Waals surface area contributed by atoms with Gasteiger partial charge >= 0.3 is 0 Å². The highest BCUT2D eigenvalue weighted by Gasteiger charge is 2.37. The van der Waals surface area contributed by atoms with Crippen molar-refractivity contribution in [1.82, 2.24) is 5.32 Å². The van der Waals surface area contributed by atoms with E-state index in [4.69, 9.17) is 4.74 Å². The molecule has 3 nitrogen and oxygen atoms in total. The second-order valence-electron chi connectivity index (χ2n) is 4.55. The predicted molar refractivity (Wildman–Crippen MR) is 75.0 cm³/mol. The third-order valence-corrected chi connectivity index (χ3v) is 4.34. The van der Waals surface area contributed by atoms with Crippen LogP contribution in [0.25, 0.3) is 0 Å². The van der Waals surface area contributed by atoms with E-state index in [1.807, 2.05) is 22.6 Å². The minimum absolute atomic E-state index is 0.178. The van der Waals surface area contributed by atoms with Crippen LogP contribution in [-0.4, -0.2) is 25.2 Å². The summed E-state index contributed by atoms with van der Waals surface area (Å²) in [6.45, 7) is 0.510. The number of carbonyl (C=O) groups is 1. The molecule has 2 rings (SSSR count). The Kier molecular flexibility index (Phi) is 4.21. The quantitative estimate of drug-likeness (QED) is 0.836. The van der Waals surface area contributed by atoms with Gasteiger partial charge in [-0.1, -0.05) is 0 Å². The average molecular weight is 363 g/mol. The highest BCUT2D eigenvalue weighted by Crippen LogP contribution is 2.34. The lowest BCUT2D eigenvalue weighted by atomic mass is 9.80. The molecule has 1 amide bonds. The summed E-state index contributed by atoms with van der Waals surface area (Å²) in [6, 6.07) is 4.16. The van der Waals surface area contributed by atoms with E-state index in [1.54, 1.807) is 7.11 Å². The van der Waals surface area contributed by atoms with Gasteiger partial charge in [-0.2, -0.15) is 0 Å². The summed E-state index contributed by atoms with van der Waals surface area (Å²) >= 11 is 1.96. The zero-order valence-corrected chi connectivity index (χ0v) is 12.3. The summed E-state index contributed by atoms with van der Waals surface area (Å²) in [7, 11) is 1.67. The Hall–Kier alpha value is -0.690. The van der Waals surface area contributed by atoms with Crippen LogP contribution in [0.3, 0.4) is 0 Å². The maximum Gasteiger partial charge on any atom is 0.252 e. The van der Waals surface area contributed by atoms with Crippen molar-refractivity contribution in [2.75, 3.05) is 13.7 Å². The Labute approximate surface area is 119 Å². The molecule has 0 spiro atoms. The molecule has 1 saturated carbocycles. The number of halogens is 2. The fourth-order valence-electron chi connectivity index (χ4n) is 2.03. The first kappa shape index (κ1) is 13.7. The number of benzene rings is 1. The summed E-state index contributed by atoms with van der Waals surface area (Å²) in [6.07, 6.45) is 3.09. The van der Waals surface area contributed by atoms with Gasteiger partial charge in [-0.25, -0.2) is 4.39 Å². The molecule has 0 aromatic heterocycles. The summed E-state index contributed by atoms with van der Waals surface area (Å²) in [5.74, 6) is -0.508. The van der Waals surface area contributed by atoms with Crippen molar-refractivity contribution in [3.8, 4) is 0 Å². The number of nitrogens with one attached hydrogen (secondary N) is 1.